The largest absolute Gasteiger partial charge is 0.313 e. The van der Waals surface area contributed by atoms with Crippen LogP contribution in [0.3, 0.4) is 0 Å². The predicted octanol–water partition coefficient (Wildman–Crippen LogP) is 2.68. The maximum absolute atomic E-state index is 13.3. The molecule has 0 aliphatic carbocycles. The van der Waals surface area contributed by atoms with Gasteiger partial charge in [-0.15, -0.1) is 0 Å². The molecule has 19 heavy (non-hydrogen) atoms. The lowest BCUT2D eigenvalue weighted by Gasteiger charge is -2.16. The smallest absolute Gasteiger partial charge is 0.159 e. The molecule has 0 aliphatic heterocycles. The molecule has 102 valence electrons. The number of aromatic nitrogens is 2. The topological polar surface area (TPSA) is 29.9 Å². The van der Waals surface area contributed by atoms with Crippen LogP contribution in [0, 0.1) is 11.6 Å². The maximum atomic E-state index is 13.3. The van der Waals surface area contributed by atoms with Crippen LogP contribution in [0.2, 0.25) is 0 Å². The maximum Gasteiger partial charge on any atom is 0.159 e. The molecule has 1 aromatic carbocycles. The lowest BCUT2D eigenvalue weighted by molar-refractivity contribution is 0.501. The Hall–Kier alpha value is -1.75. The summed E-state index contributed by atoms with van der Waals surface area (Å²) in [6, 6.07) is 3.93. The van der Waals surface area contributed by atoms with Gasteiger partial charge >= 0.3 is 0 Å². The highest BCUT2D eigenvalue weighted by atomic mass is 19.2. The molecule has 0 amide bonds. The van der Waals surface area contributed by atoms with E-state index in [4.69, 9.17) is 0 Å². The van der Waals surface area contributed by atoms with Crippen molar-refractivity contribution in [3.8, 4) is 0 Å². The minimum atomic E-state index is -0.822. The van der Waals surface area contributed by atoms with Crippen LogP contribution in [-0.4, -0.2) is 16.8 Å². The first-order chi connectivity index (χ1) is 9.13. The Morgan fingerprint density at radius 3 is 2.68 bits per heavy atom. The Morgan fingerprint density at radius 1 is 1.32 bits per heavy atom. The number of aryl methyl sites for hydroxylation is 1. The van der Waals surface area contributed by atoms with E-state index >= 15 is 0 Å². The summed E-state index contributed by atoms with van der Waals surface area (Å²) in [5.41, 5.74) is 1.79. The number of nitrogens with zero attached hydrogens (tertiary/aromatic N) is 2. The minimum Gasteiger partial charge on any atom is -0.313 e. The number of rotatable bonds is 5. The van der Waals surface area contributed by atoms with Crippen LogP contribution in [-0.2, 0) is 13.0 Å². The molecule has 5 heteroatoms. The van der Waals surface area contributed by atoms with E-state index in [9.17, 15) is 8.78 Å². The molecular weight excluding hydrogens is 248 g/mol. The molecule has 1 N–H and O–H groups in total. The monoisotopic (exact) mass is 265 g/mol. The highest BCUT2D eigenvalue weighted by Crippen LogP contribution is 2.20. The zero-order valence-corrected chi connectivity index (χ0v) is 11.0. The Kier molecular flexibility index (Phi) is 4.27. The van der Waals surface area contributed by atoms with Gasteiger partial charge in [0.05, 0.1) is 6.20 Å². The summed E-state index contributed by atoms with van der Waals surface area (Å²) in [6.45, 7) is 2.83. The average Bonchev–Trinajstić information content (AvgIpc) is 2.87. The standard InChI is InChI=1S/C14H17F2N3/c1-3-19-9-10(8-18-19)6-14(17-2)11-4-5-12(15)13(16)7-11/h4-5,7-9,14,17H,3,6H2,1-2H3. The number of nitrogens with one attached hydrogen (secondary N) is 1. The third-order valence-electron chi connectivity index (χ3n) is 3.15. The Morgan fingerprint density at radius 2 is 2.11 bits per heavy atom. The summed E-state index contributed by atoms with van der Waals surface area (Å²) in [5, 5.41) is 7.32. The van der Waals surface area contributed by atoms with Crippen LogP contribution in [0.5, 0.6) is 0 Å². The molecule has 0 radical (unpaired) electrons. The van der Waals surface area contributed by atoms with E-state index in [-0.39, 0.29) is 6.04 Å². The van der Waals surface area contributed by atoms with Crippen molar-refractivity contribution in [1.82, 2.24) is 15.1 Å². The minimum absolute atomic E-state index is 0.0652. The van der Waals surface area contributed by atoms with Crippen molar-refractivity contribution in [2.75, 3.05) is 7.05 Å². The van der Waals surface area contributed by atoms with Crippen molar-refractivity contribution in [2.45, 2.75) is 25.9 Å². The SMILES string of the molecule is CCn1cc(CC(NC)c2ccc(F)c(F)c2)cn1. The highest BCUT2D eigenvalue weighted by Gasteiger charge is 2.13. The molecule has 0 saturated heterocycles. The number of hydrogen-bond donors (Lipinski definition) is 1. The number of halogens is 2. The lowest BCUT2D eigenvalue weighted by atomic mass is 10.0. The summed E-state index contributed by atoms with van der Waals surface area (Å²) in [7, 11) is 1.80. The van der Waals surface area contributed by atoms with Gasteiger partial charge in [-0.05, 0) is 43.7 Å². The fourth-order valence-corrected chi connectivity index (χ4v) is 2.04. The van der Waals surface area contributed by atoms with E-state index in [1.165, 1.54) is 6.07 Å². The number of likely N-dealkylation sites (N-methyl/N-ethyl adjacent to an activating group) is 1. The Bertz CT molecular complexity index is 551. The third-order valence-corrected chi connectivity index (χ3v) is 3.15. The van der Waals surface area contributed by atoms with Gasteiger partial charge in [0.15, 0.2) is 11.6 Å². The summed E-state index contributed by atoms with van der Waals surface area (Å²) in [5.74, 6) is -1.64. The summed E-state index contributed by atoms with van der Waals surface area (Å²) < 4.78 is 28.0. The van der Waals surface area contributed by atoms with Crippen molar-refractivity contribution < 1.29 is 8.78 Å². The molecule has 2 rings (SSSR count). The fraction of sp³-hybridized carbons (Fsp3) is 0.357. The van der Waals surface area contributed by atoms with Gasteiger partial charge in [-0.3, -0.25) is 4.68 Å². The molecule has 1 atom stereocenters. The van der Waals surface area contributed by atoms with Crippen LogP contribution in [0.15, 0.2) is 30.6 Å². The van der Waals surface area contributed by atoms with Crippen molar-refractivity contribution in [1.29, 1.82) is 0 Å². The quantitative estimate of drug-likeness (QED) is 0.900. The zero-order valence-electron chi connectivity index (χ0n) is 11.0. The fourth-order valence-electron chi connectivity index (χ4n) is 2.04. The summed E-state index contributed by atoms with van der Waals surface area (Å²) >= 11 is 0. The van der Waals surface area contributed by atoms with Gasteiger partial charge in [-0.1, -0.05) is 6.07 Å². The van der Waals surface area contributed by atoms with Crippen molar-refractivity contribution >= 4 is 0 Å². The van der Waals surface area contributed by atoms with Crippen LogP contribution in [0.4, 0.5) is 8.78 Å². The van der Waals surface area contributed by atoms with E-state index in [1.54, 1.807) is 19.3 Å². The van der Waals surface area contributed by atoms with E-state index in [0.717, 1.165) is 23.7 Å². The molecule has 1 unspecified atom stereocenters. The Balaban J connectivity index is 2.17. The van der Waals surface area contributed by atoms with Gasteiger partial charge in [0.25, 0.3) is 0 Å². The van der Waals surface area contributed by atoms with E-state index in [1.807, 2.05) is 17.8 Å². The van der Waals surface area contributed by atoms with Crippen molar-refractivity contribution in [2.24, 2.45) is 0 Å². The second-order valence-electron chi connectivity index (χ2n) is 4.42. The highest BCUT2D eigenvalue weighted by molar-refractivity contribution is 5.23. The van der Waals surface area contributed by atoms with Gasteiger partial charge in [0, 0.05) is 18.8 Å². The van der Waals surface area contributed by atoms with Gasteiger partial charge < -0.3 is 5.32 Å². The first-order valence-corrected chi connectivity index (χ1v) is 6.27. The van der Waals surface area contributed by atoms with Crippen LogP contribution >= 0.6 is 0 Å². The average molecular weight is 265 g/mol. The molecule has 0 saturated carbocycles. The van der Waals surface area contributed by atoms with Crippen LogP contribution in [0.25, 0.3) is 0 Å². The molecule has 2 aromatic rings. The Labute approximate surface area is 111 Å². The van der Waals surface area contributed by atoms with Gasteiger partial charge in [-0.2, -0.15) is 5.10 Å². The first kappa shape index (κ1) is 13.7. The van der Waals surface area contributed by atoms with Crippen molar-refractivity contribution in [3.05, 3.63) is 53.4 Å². The zero-order chi connectivity index (χ0) is 13.8. The van der Waals surface area contributed by atoms with Gasteiger partial charge in [0.2, 0.25) is 0 Å². The second kappa shape index (κ2) is 5.93. The summed E-state index contributed by atoms with van der Waals surface area (Å²) in [4.78, 5) is 0. The first-order valence-electron chi connectivity index (χ1n) is 6.27. The van der Waals surface area contributed by atoms with Crippen molar-refractivity contribution in [3.63, 3.8) is 0 Å². The molecule has 1 aromatic heterocycles. The van der Waals surface area contributed by atoms with E-state index in [0.29, 0.717) is 6.42 Å². The van der Waals surface area contributed by atoms with Gasteiger partial charge in [-0.25, -0.2) is 8.78 Å². The molecule has 3 nitrogen and oxygen atoms in total. The number of benzene rings is 1. The van der Waals surface area contributed by atoms with E-state index in [2.05, 4.69) is 10.4 Å². The molecule has 0 fully saturated rings. The van der Waals surface area contributed by atoms with Crippen LogP contribution < -0.4 is 5.32 Å². The van der Waals surface area contributed by atoms with Crippen LogP contribution in [0.1, 0.15) is 24.1 Å². The number of hydrogen-bond acceptors (Lipinski definition) is 2. The molecular formula is C14H17F2N3. The summed E-state index contributed by atoms with van der Waals surface area (Å²) in [6.07, 6.45) is 4.44. The molecule has 1 heterocycles. The molecule has 0 aliphatic rings. The second-order valence-corrected chi connectivity index (χ2v) is 4.42. The third kappa shape index (κ3) is 3.17. The van der Waals surface area contributed by atoms with E-state index < -0.39 is 11.6 Å². The normalized spacial score (nSPS) is 12.6. The van der Waals surface area contributed by atoms with Gasteiger partial charge in [0.1, 0.15) is 0 Å². The predicted molar refractivity (Wildman–Crippen MR) is 69.8 cm³/mol. The molecule has 0 spiro atoms. The molecule has 0 bridgehead atoms. The lowest BCUT2D eigenvalue weighted by Crippen LogP contribution is -2.19.